The largest absolute Gasteiger partial charge is 0.354 e. The molecule has 0 saturated heterocycles. The zero-order chi connectivity index (χ0) is 20.1. The fourth-order valence-corrected chi connectivity index (χ4v) is 3.52. The van der Waals surface area contributed by atoms with Gasteiger partial charge in [0, 0.05) is 26.1 Å². The Kier molecular flexibility index (Phi) is 4.17. The van der Waals surface area contributed by atoms with Crippen LogP contribution in [0.4, 0.5) is 4.39 Å². The fourth-order valence-electron chi connectivity index (χ4n) is 3.52. The first-order valence-electron chi connectivity index (χ1n) is 8.96. The maximum atomic E-state index is 13.1. The van der Waals surface area contributed by atoms with Crippen molar-refractivity contribution < 1.29 is 9.18 Å². The van der Waals surface area contributed by atoms with E-state index in [9.17, 15) is 18.8 Å². The first-order chi connectivity index (χ1) is 13.3. The summed E-state index contributed by atoms with van der Waals surface area (Å²) in [6.07, 6.45) is 3.24. The Balaban J connectivity index is 1.51. The van der Waals surface area contributed by atoms with Crippen molar-refractivity contribution in [2.75, 3.05) is 6.54 Å². The summed E-state index contributed by atoms with van der Waals surface area (Å²) in [6.45, 7) is 0.365. The lowest BCUT2D eigenvalue weighted by Gasteiger charge is -2.17. The van der Waals surface area contributed by atoms with Crippen molar-refractivity contribution in [1.29, 1.82) is 0 Å². The second-order valence-electron chi connectivity index (χ2n) is 7.31. The second kappa shape index (κ2) is 6.43. The Morgan fingerprint density at radius 1 is 1.18 bits per heavy atom. The number of aromatic nitrogens is 4. The molecule has 28 heavy (non-hydrogen) atoms. The van der Waals surface area contributed by atoms with Crippen LogP contribution < -0.4 is 16.6 Å². The lowest BCUT2D eigenvalue weighted by atomic mass is 9.96. The molecule has 3 aromatic rings. The highest BCUT2D eigenvalue weighted by Gasteiger charge is 2.44. The van der Waals surface area contributed by atoms with E-state index in [4.69, 9.17) is 0 Å². The van der Waals surface area contributed by atoms with Gasteiger partial charge >= 0.3 is 5.69 Å². The predicted octanol–water partition coefficient (Wildman–Crippen LogP) is 0.421. The van der Waals surface area contributed by atoms with Crippen molar-refractivity contribution in [2.24, 2.45) is 14.1 Å². The van der Waals surface area contributed by atoms with Crippen LogP contribution in [0.15, 0.2) is 40.2 Å². The van der Waals surface area contributed by atoms with Crippen molar-refractivity contribution in [3.8, 4) is 0 Å². The number of amides is 1. The molecule has 4 rings (SSSR count). The molecule has 1 saturated carbocycles. The van der Waals surface area contributed by atoms with Crippen LogP contribution in [0.2, 0.25) is 0 Å². The van der Waals surface area contributed by atoms with Gasteiger partial charge in [0.15, 0.2) is 11.2 Å². The Morgan fingerprint density at radius 2 is 1.86 bits per heavy atom. The number of hydrogen-bond donors (Lipinski definition) is 1. The number of hydrogen-bond acceptors (Lipinski definition) is 4. The minimum atomic E-state index is -0.492. The van der Waals surface area contributed by atoms with Gasteiger partial charge in [-0.3, -0.25) is 18.7 Å². The molecule has 1 aliphatic carbocycles. The van der Waals surface area contributed by atoms with Crippen molar-refractivity contribution in [2.45, 2.75) is 24.8 Å². The molecule has 1 amide bonds. The number of carbonyl (C=O) groups is 1. The highest BCUT2D eigenvalue weighted by molar-refractivity contribution is 5.79. The fraction of sp³-hybridized carbons (Fsp3) is 0.368. The van der Waals surface area contributed by atoms with Crippen LogP contribution in [0.1, 0.15) is 18.4 Å². The number of nitrogens with one attached hydrogen (secondary N) is 1. The first kappa shape index (κ1) is 18.1. The van der Waals surface area contributed by atoms with Gasteiger partial charge in [-0.15, -0.1) is 0 Å². The molecule has 9 heteroatoms. The third-order valence-electron chi connectivity index (χ3n) is 5.47. The van der Waals surface area contributed by atoms with Gasteiger partial charge in [0.1, 0.15) is 12.4 Å². The van der Waals surface area contributed by atoms with Gasteiger partial charge in [-0.05, 0) is 30.5 Å². The van der Waals surface area contributed by atoms with Crippen LogP contribution in [0.3, 0.4) is 0 Å². The van der Waals surface area contributed by atoms with Crippen LogP contribution in [0.25, 0.3) is 11.2 Å². The van der Waals surface area contributed by atoms with Gasteiger partial charge in [0.05, 0.1) is 6.33 Å². The highest BCUT2D eigenvalue weighted by Crippen LogP contribution is 2.47. The molecule has 1 aliphatic rings. The number of rotatable bonds is 5. The maximum Gasteiger partial charge on any atom is 0.332 e. The SMILES string of the molecule is Cn1c(=O)c2c(ncn2CC(=O)NCC2(c3ccc(F)cc3)CC2)n(C)c1=O. The topological polar surface area (TPSA) is 90.9 Å². The minimum absolute atomic E-state index is 0.0799. The average molecular weight is 385 g/mol. The Bertz CT molecular complexity index is 1190. The summed E-state index contributed by atoms with van der Waals surface area (Å²) < 4.78 is 16.9. The first-order valence-corrected chi connectivity index (χ1v) is 8.96. The summed E-state index contributed by atoms with van der Waals surface area (Å²) >= 11 is 0. The van der Waals surface area contributed by atoms with Gasteiger partial charge in [-0.1, -0.05) is 12.1 Å². The van der Waals surface area contributed by atoms with Crippen LogP contribution in [0.5, 0.6) is 0 Å². The maximum absolute atomic E-state index is 13.1. The number of halogens is 1. The molecule has 1 fully saturated rings. The van der Waals surface area contributed by atoms with Gasteiger partial charge in [0.25, 0.3) is 5.56 Å². The molecule has 0 atom stereocenters. The van der Waals surface area contributed by atoms with Gasteiger partial charge in [-0.25, -0.2) is 14.2 Å². The van der Waals surface area contributed by atoms with E-state index in [0.29, 0.717) is 6.54 Å². The summed E-state index contributed by atoms with van der Waals surface area (Å²) in [5.41, 5.74) is 0.340. The van der Waals surface area contributed by atoms with Gasteiger partial charge in [-0.2, -0.15) is 0 Å². The number of fused-ring (bicyclic) bond motifs is 1. The van der Waals surface area contributed by atoms with Crippen molar-refractivity contribution in [3.05, 3.63) is 62.8 Å². The normalized spacial score (nSPS) is 15.0. The molecule has 0 aliphatic heterocycles. The molecule has 0 bridgehead atoms. The molecule has 0 radical (unpaired) electrons. The lowest BCUT2D eigenvalue weighted by molar-refractivity contribution is -0.121. The number of carbonyl (C=O) groups excluding carboxylic acids is 1. The average Bonchev–Trinajstić information content (AvgIpc) is 3.36. The van der Waals surface area contributed by atoms with E-state index >= 15 is 0 Å². The Morgan fingerprint density at radius 3 is 2.50 bits per heavy atom. The molecule has 2 heterocycles. The molecule has 1 N–H and O–H groups in total. The molecule has 0 unspecified atom stereocenters. The zero-order valence-electron chi connectivity index (χ0n) is 15.6. The lowest BCUT2D eigenvalue weighted by Crippen LogP contribution is -2.38. The molecular weight excluding hydrogens is 365 g/mol. The third-order valence-corrected chi connectivity index (χ3v) is 5.47. The Hall–Kier alpha value is -3.23. The number of imidazole rings is 1. The molecule has 1 aromatic carbocycles. The van der Waals surface area contributed by atoms with Crippen LogP contribution in [0, 0.1) is 5.82 Å². The quantitative estimate of drug-likeness (QED) is 0.689. The molecule has 8 nitrogen and oxygen atoms in total. The van der Waals surface area contributed by atoms with E-state index in [2.05, 4.69) is 10.3 Å². The molecule has 0 spiro atoms. The monoisotopic (exact) mass is 385 g/mol. The van der Waals surface area contributed by atoms with E-state index in [0.717, 1.165) is 23.0 Å². The van der Waals surface area contributed by atoms with Crippen molar-refractivity contribution in [3.63, 3.8) is 0 Å². The summed E-state index contributed by atoms with van der Waals surface area (Å²) in [5.74, 6) is -0.546. The minimum Gasteiger partial charge on any atom is -0.354 e. The summed E-state index contributed by atoms with van der Waals surface area (Å²) in [7, 11) is 2.92. The van der Waals surface area contributed by atoms with E-state index < -0.39 is 11.2 Å². The molecule has 146 valence electrons. The third kappa shape index (κ3) is 2.92. The predicted molar refractivity (Wildman–Crippen MR) is 101 cm³/mol. The van der Waals surface area contributed by atoms with Crippen LogP contribution >= 0.6 is 0 Å². The number of aryl methyl sites for hydroxylation is 1. The summed E-state index contributed by atoms with van der Waals surface area (Å²) in [6, 6.07) is 6.36. The van der Waals surface area contributed by atoms with E-state index in [1.165, 1.54) is 41.7 Å². The van der Waals surface area contributed by atoms with Crippen molar-refractivity contribution >= 4 is 17.1 Å². The van der Waals surface area contributed by atoms with Gasteiger partial charge < -0.3 is 9.88 Å². The zero-order valence-corrected chi connectivity index (χ0v) is 15.6. The Labute approximate surface area is 159 Å². The van der Waals surface area contributed by atoms with Crippen LogP contribution in [-0.4, -0.2) is 31.1 Å². The molecular formula is C19H20FN5O3. The summed E-state index contributed by atoms with van der Waals surface area (Å²) in [4.78, 5) is 41.0. The van der Waals surface area contributed by atoms with Crippen LogP contribution in [-0.2, 0) is 30.8 Å². The van der Waals surface area contributed by atoms with E-state index in [1.807, 2.05) is 0 Å². The van der Waals surface area contributed by atoms with E-state index in [1.54, 1.807) is 12.1 Å². The van der Waals surface area contributed by atoms with Gasteiger partial charge in [0.2, 0.25) is 5.91 Å². The standard InChI is InChI=1S/C19H20FN5O3/c1-23-16-15(17(27)24(2)18(23)28)25(11-22-16)9-14(26)21-10-19(7-8-19)12-3-5-13(20)6-4-12/h3-6,11H,7-10H2,1-2H3,(H,21,26). The van der Waals surface area contributed by atoms with Crippen molar-refractivity contribution in [1.82, 2.24) is 24.0 Å². The van der Waals surface area contributed by atoms with E-state index in [-0.39, 0.29) is 34.8 Å². The number of nitrogens with zero attached hydrogens (tertiary/aromatic N) is 4. The molecule has 2 aromatic heterocycles. The number of benzene rings is 1. The smallest absolute Gasteiger partial charge is 0.332 e. The summed E-state index contributed by atoms with van der Waals surface area (Å²) in [5, 5.41) is 2.90. The highest BCUT2D eigenvalue weighted by atomic mass is 19.1. The second-order valence-corrected chi connectivity index (χ2v) is 7.31.